The van der Waals surface area contributed by atoms with E-state index in [1.807, 2.05) is 18.3 Å². The van der Waals surface area contributed by atoms with Crippen molar-refractivity contribution < 1.29 is 0 Å². The second-order valence-corrected chi connectivity index (χ2v) is 5.29. The van der Waals surface area contributed by atoms with E-state index in [9.17, 15) is 0 Å². The van der Waals surface area contributed by atoms with E-state index in [-0.39, 0.29) is 0 Å². The monoisotopic (exact) mass is 279 g/mol. The van der Waals surface area contributed by atoms with Crippen molar-refractivity contribution in [2.45, 2.75) is 26.4 Å². The van der Waals surface area contributed by atoms with Gasteiger partial charge in [-0.05, 0) is 42.8 Å². The van der Waals surface area contributed by atoms with Gasteiger partial charge >= 0.3 is 0 Å². The third kappa shape index (κ3) is 3.14. The summed E-state index contributed by atoms with van der Waals surface area (Å²) in [5.74, 6) is 0. The fourth-order valence-electron chi connectivity index (χ4n) is 2.65. The number of hydrogen-bond acceptors (Lipinski definition) is 2. The summed E-state index contributed by atoms with van der Waals surface area (Å²) in [4.78, 5) is 4.41. The average Bonchev–Trinajstić information content (AvgIpc) is 2.93. The first-order valence-corrected chi connectivity index (χ1v) is 7.56. The maximum Gasteiger partial charge on any atom is 0.0648 e. The highest BCUT2D eigenvalue weighted by Gasteiger charge is 2.06. The first kappa shape index (κ1) is 13.8. The minimum atomic E-state index is 0.816. The highest BCUT2D eigenvalue weighted by Crippen LogP contribution is 2.21. The Kier molecular flexibility index (Phi) is 4.31. The quantitative estimate of drug-likeness (QED) is 0.699. The van der Waals surface area contributed by atoms with Crippen molar-refractivity contribution in [3.05, 3.63) is 66.1 Å². The average molecular weight is 279 g/mol. The minimum absolute atomic E-state index is 0.816. The molecule has 0 spiro atoms. The maximum absolute atomic E-state index is 4.41. The van der Waals surface area contributed by atoms with Gasteiger partial charge in [-0.25, -0.2) is 0 Å². The zero-order valence-electron chi connectivity index (χ0n) is 12.4. The van der Waals surface area contributed by atoms with Gasteiger partial charge in [-0.1, -0.05) is 25.1 Å². The number of benzene rings is 1. The van der Waals surface area contributed by atoms with Gasteiger partial charge in [-0.15, -0.1) is 0 Å². The molecule has 0 aliphatic carbocycles. The Morgan fingerprint density at radius 2 is 2.05 bits per heavy atom. The lowest BCUT2D eigenvalue weighted by molar-refractivity contribution is 0.678. The van der Waals surface area contributed by atoms with Gasteiger partial charge in [0.1, 0.15) is 0 Å². The van der Waals surface area contributed by atoms with Gasteiger partial charge in [-0.2, -0.15) is 0 Å². The third-order valence-electron chi connectivity index (χ3n) is 3.70. The van der Waals surface area contributed by atoms with Crippen LogP contribution in [-0.4, -0.2) is 16.1 Å². The van der Waals surface area contributed by atoms with E-state index in [1.165, 1.54) is 16.5 Å². The van der Waals surface area contributed by atoms with Crippen molar-refractivity contribution in [3.63, 3.8) is 0 Å². The zero-order valence-corrected chi connectivity index (χ0v) is 12.4. The Balaban J connectivity index is 1.86. The van der Waals surface area contributed by atoms with Gasteiger partial charge in [0.25, 0.3) is 0 Å². The third-order valence-corrected chi connectivity index (χ3v) is 3.70. The number of fused-ring (bicyclic) bond motifs is 1. The molecule has 3 nitrogen and oxygen atoms in total. The molecule has 2 aromatic heterocycles. The number of rotatable bonds is 6. The summed E-state index contributed by atoms with van der Waals surface area (Å²) < 4.78 is 2.26. The van der Waals surface area contributed by atoms with Crippen LogP contribution < -0.4 is 5.32 Å². The van der Waals surface area contributed by atoms with E-state index < -0.39 is 0 Å². The van der Waals surface area contributed by atoms with Gasteiger partial charge < -0.3 is 9.88 Å². The van der Waals surface area contributed by atoms with Crippen molar-refractivity contribution in [2.75, 3.05) is 6.54 Å². The fourth-order valence-corrected chi connectivity index (χ4v) is 2.65. The summed E-state index contributed by atoms with van der Waals surface area (Å²) in [5.41, 5.74) is 3.72. The summed E-state index contributed by atoms with van der Waals surface area (Å²) in [6.45, 7) is 5.00. The van der Waals surface area contributed by atoms with Crippen LogP contribution in [0.4, 0.5) is 0 Å². The normalized spacial score (nSPS) is 11.1. The standard InChI is InChI=1S/C18H21N3/c1-2-10-19-13-15-6-5-8-18-17(15)9-12-21(18)14-16-7-3-4-11-20-16/h3-9,11-12,19H,2,10,13-14H2,1H3. The van der Waals surface area contributed by atoms with Gasteiger partial charge in [-0.3, -0.25) is 4.98 Å². The summed E-state index contributed by atoms with van der Waals surface area (Å²) in [6.07, 6.45) is 5.17. The zero-order chi connectivity index (χ0) is 14.5. The lowest BCUT2D eigenvalue weighted by Gasteiger charge is -2.08. The summed E-state index contributed by atoms with van der Waals surface area (Å²) >= 11 is 0. The summed E-state index contributed by atoms with van der Waals surface area (Å²) in [6, 6.07) is 14.8. The molecular weight excluding hydrogens is 258 g/mol. The Labute approximate surface area is 125 Å². The van der Waals surface area contributed by atoms with Gasteiger partial charge in [0.05, 0.1) is 12.2 Å². The van der Waals surface area contributed by atoms with Crippen LogP contribution in [-0.2, 0) is 13.1 Å². The van der Waals surface area contributed by atoms with Gasteiger partial charge in [0.15, 0.2) is 0 Å². The van der Waals surface area contributed by atoms with Crippen LogP contribution in [0, 0.1) is 0 Å². The molecule has 2 heterocycles. The largest absolute Gasteiger partial charge is 0.341 e. The SMILES string of the molecule is CCCNCc1cccc2c1ccn2Cc1ccccn1. The maximum atomic E-state index is 4.41. The van der Waals surface area contributed by atoms with Crippen LogP contribution in [0.3, 0.4) is 0 Å². The molecule has 21 heavy (non-hydrogen) atoms. The van der Waals surface area contributed by atoms with E-state index in [0.29, 0.717) is 0 Å². The van der Waals surface area contributed by atoms with Crippen LogP contribution in [0.15, 0.2) is 54.9 Å². The highest BCUT2D eigenvalue weighted by atomic mass is 15.0. The van der Waals surface area contributed by atoms with Crippen molar-refractivity contribution in [1.29, 1.82) is 0 Å². The van der Waals surface area contributed by atoms with Crippen molar-refractivity contribution in [3.8, 4) is 0 Å². The number of nitrogens with zero attached hydrogens (tertiary/aromatic N) is 2. The molecule has 0 bridgehead atoms. The van der Waals surface area contributed by atoms with Crippen LogP contribution in [0.5, 0.6) is 0 Å². The lowest BCUT2D eigenvalue weighted by Crippen LogP contribution is -2.13. The smallest absolute Gasteiger partial charge is 0.0648 e. The number of aromatic nitrogens is 2. The molecular formula is C18H21N3. The molecule has 0 saturated heterocycles. The van der Waals surface area contributed by atoms with E-state index in [2.05, 4.69) is 58.3 Å². The number of hydrogen-bond donors (Lipinski definition) is 1. The molecule has 0 saturated carbocycles. The van der Waals surface area contributed by atoms with Crippen molar-refractivity contribution in [1.82, 2.24) is 14.9 Å². The van der Waals surface area contributed by atoms with Crippen molar-refractivity contribution >= 4 is 10.9 Å². The predicted molar refractivity (Wildman–Crippen MR) is 87.3 cm³/mol. The predicted octanol–water partition coefficient (Wildman–Crippen LogP) is 3.58. The molecule has 0 fully saturated rings. The summed E-state index contributed by atoms with van der Waals surface area (Å²) in [7, 11) is 0. The minimum Gasteiger partial charge on any atom is -0.341 e. The number of nitrogens with one attached hydrogen (secondary N) is 1. The Bertz CT molecular complexity index is 701. The molecule has 0 radical (unpaired) electrons. The molecule has 0 aliphatic heterocycles. The Morgan fingerprint density at radius 3 is 2.86 bits per heavy atom. The first-order valence-electron chi connectivity index (χ1n) is 7.56. The Morgan fingerprint density at radius 1 is 1.10 bits per heavy atom. The molecule has 1 N–H and O–H groups in total. The molecule has 3 aromatic rings. The molecule has 0 atom stereocenters. The van der Waals surface area contributed by atoms with Crippen molar-refractivity contribution in [2.24, 2.45) is 0 Å². The lowest BCUT2D eigenvalue weighted by atomic mass is 10.1. The molecule has 1 aromatic carbocycles. The van der Waals surface area contributed by atoms with E-state index in [1.54, 1.807) is 0 Å². The van der Waals surface area contributed by atoms with Gasteiger partial charge in [0, 0.05) is 29.8 Å². The molecule has 0 amide bonds. The molecule has 0 aliphatic rings. The van der Waals surface area contributed by atoms with Crippen LogP contribution >= 0.6 is 0 Å². The number of pyridine rings is 1. The second kappa shape index (κ2) is 6.55. The van der Waals surface area contributed by atoms with E-state index >= 15 is 0 Å². The van der Waals surface area contributed by atoms with Crippen LogP contribution in [0.25, 0.3) is 10.9 Å². The van der Waals surface area contributed by atoms with Crippen LogP contribution in [0.2, 0.25) is 0 Å². The molecule has 0 unspecified atom stereocenters. The first-order chi connectivity index (χ1) is 10.4. The fraction of sp³-hybridized carbons (Fsp3) is 0.278. The molecule has 3 rings (SSSR count). The van der Waals surface area contributed by atoms with E-state index in [4.69, 9.17) is 0 Å². The summed E-state index contributed by atoms with van der Waals surface area (Å²) in [5, 5.41) is 4.81. The highest BCUT2D eigenvalue weighted by molar-refractivity contribution is 5.83. The topological polar surface area (TPSA) is 29.9 Å². The second-order valence-electron chi connectivity index (χ2n) is 5.29. The van der Waals surface area contributed by atoms with E-state index in [0.717, 1.165) is 31.7 Å². The van der Waals surface area contributed by atoms with Crippen LogP contribution in [0.1, 0.15) is 24.6 Å². The van der Waals surface area contributed by atoms with Gasteiger partial charge in [0.2, 0.25) is 0 Å². The molecule has 108 valence electrons. The Hall–Kier alpha value is -2.13. The molecule has 3 heteroatoms.